The van der Waals surface area contributed by atoms with Gasteiger partial charge < -0.3 is 4.90 Å². The van der Waals surface area contributed by atoms with Crippen molar-refractivity contribution in [3.63, 3.8) is 0 Å². The first-order valence-corrected chi connectivity index (χ1v) is 8.03. The van der Waals surface area contributed by atoms with Gasteiger partial charge in [0.1, 0.15) is 0 Å². The second-order valence-corrected chi connectivity index (χ2v) is 7.50. The maximum Gasteiger partial charge on any atom is 0.227 e. The number of hydrogen-bond acceptors (Lipinski definition) is 3. The fraction of sp³-hybridized carbons (Fsp3) is 0.588. The van der Waals surface area contributed by atoms with E-state index in [1.165, 1.54) is 6.07 Å². The molecule has 126 valence electrons. The highest BCUT2D eigenvalue weighted by molar-refractivity contribution is 5.81. The molecule has 0 bridgehead atoms. The second kappa shape index (κ2) is 5.83. The first-order valence-electron chi connectivity index (χ1n) is 8.03. The van der Waals surface area contributed by atoms with Crippen LogP contribution in [0.25, 0.3) is 0 Å². The molecule has 23 heavy (non-hydrogen) atoms. The predicted molar refractivity (Wildman–Crippen MR) is 83.3 cm³/mol. The van der Waals surface area contributed by atoms with Gasteiger partial charge in [-0.2, -0.15) is 0 Å². The SMILES string of the molecule is CC(C)(C)C(=O)N1CCC2NNC(c3ccc(F)c(F)c3)C2C1. The van der Waals surface area contributed by atoms with Gasteiger partial charge in [-0.25, -0.2) is 14.2 Å². The van der Waals surface area contributed by atoms with Crippen molar-refractivity contribution in [3.05, 3.63) is 35.4 Å². The van der Waals surface area contributed by atoms with Gasteiger partial charge in [-0.1, -0.05) is 26.8 Å². The monoisotopic (exact) mass is 323 g/mol. The standard InChI is InChI=1S/C17H23F2N3O/c1-17(2,3)16(23)22-7-6-14-11(9-22)15(21-20-14)10-4-5-12(18)13(19)8-10/h4-5,8,11,14-15,20-21H,6-7,9H2,1-3H3. The van der Waals surface area contributed by atoms with Crippen LogP contribution in [0, 0.1) is 23.0 Å². The molecule has 1 amide bonds. The van der Waals surface area contributed by atoms with E-state index >= 15 is 0 Å². The smallest absolute Gasteiger partial charge is 0.227 e. The van der Waals surface area contributed by atoms with E-state index in [2.05, 4.69) is 10.9 Å². The Bertz CT molecular complexity index is 614. The summed E-state index contributed by atoms with van der Waals surface area (Å²) in [5.41, 5.74) is 6.71. The summed E-state index contributed by atoms with van der Waals surface area (Å²) >= 11 is 0. The molecule has 0 aliphatic carbocycles. The minimum Gasteiger partial charge on any atom is -0.342 e. The number of likely N-dealkylation sites (tertiary alicyclic amines) is 1. The molecule has 1 aromatic carbocycles. The van der Waals surface area contributed by atoms with Crippen LogP contribution in [0.3, 0.4) is 0 Å². The summed E-state index contributed by atoms with van der Waals surface area (Å²) in [5.74, 6) is -1.41. The van der Waals surface area contributed by atoms with Gasteiger partial charge in [0, 0.05) is 30.5 Å². The summed E-state index contributed by atoms with van der Waals surface area (Å²) in [6.07, 6.45) is 0.847. The molecule has 4 nitrogen and oxygen atoms in total. The van der Waals surface area contributed by atoms with Gasteiger partial charge in [0.05, 0.1) is 6.04 Å². The molecular weight excluding hydrogens is 300 g/mol. The van der Waals surface area contributed by atoms with E-state index in [1.54, 1.807) is 6.07 Å². The van der Waals surface area contributed by atoms with Gasteiger partial charge in [-0.3, -0.25) is 10.2 Å². The van der Waals surface area contributed by atoms with Crippen molar-refractivity contribution in [2.45, 2.75) is 39.3 Å². The third-order valence-electron chi connectivity index (χ3n) is 4.74. The Morgan fingerprint density at radius 2 is 1.96 bits per heavy atom. The molecule has 2 aliphatic rings. The number of hydrogen-bond donors (Lipinski definition) is 2. The first-order chi connectivity index (χ1) is 10.8. The average molecular weight is 323 g/mol. The van der Waals surface area contributed by atoms with Gasteiger partial charge >= 0.3 is 0 Å². The summed E-state index contributed by atoms with van der Waals surface area (Å²) in [5, 5.41) is 0. The maximum atomic E-state index is 13.5. The van der Waals surface area contributed by atoms with Crippen LogP contribution in [-0.2, 0) is 4.79 Å². The van der Waals surface area contributed by atoms with Gasteiger partial charge in [-0.15, -0.1) is 0 Å². The zero-order valence-electron chi connectivity index (χ0n) is 13.7. The Labute approximate surface area is 135 Å². The normalized spacial score (nSPS) is 27.9. The molecule has 2 heterocycles. The molecule has 2 N–H and O–H groups in total. The van der Waals surface area contributed by atoms with E-state index < -0.39 is 17.0 Å². The van der Waals surface area contributed by atoms with Crippen molar-refractivity contribution in [1.29, 1.82) is 0 Å². The van der Waals surface area contributed by atoms with Crippen LogP contribution in [0.5, 0.6) is 0 Å². The Kier molecular flexibility index (Phi) is 4.14. The van der Waals surface area contributed by atoms with Crippen molar-refractivity contribution < 1.29 is 13.6 Å². The van der Waals surface area contributed by atoms with E-state index in [0.717, 1.165) is 19.0 Å². The quantitative estimate of drug-likeness (QED) is 0.834. The van der Waals surface area contributed by atoms with Crippen molar-refractivity contribution in [1.82, 2.24) is 15.8 Å². The van der Waals surface area contributed by atoms with Crippen molar-refractivity contribution in [2.75, 3.05) is 13.1 Å². The van der Waals surface area contributed by atoms with Gasteiger partial charge in [0.2, 0.25) is 5.91 Å². The van der Waals surface area contributed by atoms with Crippen LogP contribution in [0.2, 0.25) is 0 Å². The molecule has 0 aromatic heterocycles. The number of halogens is 2. The molecule has 2 fully saturated rings. The summed E-state index contributed by atoms with van der Waals surface area (Å²) in [6, 6.07) is 4.09. The largest absolute Gasteiger partial charge is 0.342 e. The number of rotatable bonds is 1. The molecule has 3 unspecified atom stereocenters. The topological polar surface area (TPSA) is 44.4 Å². The summed E-state index contributed by atoms with van der Waals surface area (Å²) in [7, 11) is 0. The van der Waals surface area contributed by atoms with Crippen LogP contribution in [0.15, 0.2) is 18.2 Å². The third-order valence-corrected chi connectivity index (χ3v) is 4.74. The number of piperidine rings is 1. The first kappa shape index (κ1) is 16.3. The molecule has 0 spiro atoms. The van der Waals surface area contributed by atoms with E-state index in [0.29, 0.717) is 12.1 Å². The number of nitrogens with one attached hydrogen (secondary N) is 2. The van der Waals surface area contributed by atoms with E-state index in [-0.39, 0.29) is 23.9 Å². The van der Waals surface area contributed by atoms with Gasteiger partial charge in [-0.05, 0) is 24.1 Å². The van der Waals surface area contributed by atoms with E-state index in [4.69, 9.17) is 0 Å². The lowest BCUT2D eigenvalue weighted by Crippen LogP contribution is -2.50. The molecule has 3 rings (SSSR count). The van der Waals surface area contributed by atoms with Crippen LogP contribution in [-0.4, -0.2) is 29.9 Å². The number of carbonyl (C=O) groups excluding carboxylic acids is 1. The zero-order valence-corrected chi connectivity index (χ0v) is 13.7. The third kappa shape index (κ3) is 3.10. The predicted octanol–water partition coefficient (Wildman–Crippen LogP) is 2.38. The number of benzene rings is 1. The molecule has 0 saturated carbocycles. The Morgan fingerprint density at radius 1 is 1.22 bits per heavy atom. The maximum absolute atomic E-state index is 13.5. The molecular formula is C17H23F2N3O. The van der Waals surface area contributed by atoms with Crippen molar-refractivity contribution in [2.24, 2.45) is 11.3 Å². The lowest BCUT2D eigenvalue weighted by atomic mass is 9.83. The fourth-order valence-corrected chi connectivity index (χ4v) is 3.50. The highest BCUT2D eigenvalue weighted by atomic mass is 19.2. The fourth-order valence-electron chi connectivity index (χ4n) is 3.50. The highest BCUT2D eigenvalue weighted by Crippen LogP contribution is 2.35. The number of amides is 1. The molecule has 1 aromatic rings. The van der Waals surface area contributed by atoms with E-state index in [9.17, 15) is 13.6 Å². The zero-order chi connectivity index (χ0) is 16.8. The summed E-state index contributed by atoms with van der Waals surface area (Å²) < 4.78 is 26.7. The number of hydrazine groups is 1. The van der Waals surface area contributed by atoms with Gasteiger partial charge in [0.15, 0.2) is 11.6 Å². The Morgan fingerprint density at radius 3 is 2.61 bits per heavy atom. The molecule has 3 atom stereocenters. The molecule has 2 saturated heterocycles. The van der Waals surface area contributed by atoms with Crippen LogP contribution >= 0.6 is 0 Å². The van der Waals surface area contributed by atoms with E-state index in [1.807, 2.05) is 25.7 Å². The molecule has 2 aliphatic heterocycles. The molecule has 6 heteroatoms. The second-order valence-electron chi connectivity index (χ2n) is 7.50. The Balaban J connectivity index is 1.80. The molecule has 0 radical (unpaired) electrons. The number of fused-ring (bicyclic) bond motifs is 1. The van der Waals surface area contributed by atoms with Crippen molar-refractivity contribution >= 4 is 5.91 Å². The Hall–Kier alpha value is -1.53. The minimum atomic E-state index is -0.843. The van der Waals surface area contributed by atoms with Crippen LogP contribution < -0.4 is 10.9 Å². The van der Waals surface area contributed by atoms with Crippen LogP contribution in [0.1, 0.15) is 38.8 Å². The lowest BCUT2D eigenvalue weighted by molar-refractivity contribution is -0.141. The summed E-state index contributed by atoms with van der Waals surface area (Å²) in [4.78, 5) is 14.4. The lowest BCUT2D eigenvalue weighted by Gasteiger charge is -2.39. The number of nitrogens with zero attached hydrogens (tertiary/aromatic N) is 1. The average Bonchev–Trinajstić information content (AvgIpc) is 2.91. The minimum absolute atomic E-state index is 0.131. The summed E-state index contributed by atoms with van der Waals surface area (Å²) in [6.45, 7) is 7.08. The van der Waals surface area contributed by atoms with Gasteiger partial charge in [0.25, 0.3) is 0 Å². The van der Waals surface area contributed by atoms with Crippen LogP contribution in [0.4, 0.5) is 8.78 Å². The highest BCUT2D eigenvalue weighted by Gasteiger charge is 2.43. The number of carbonyl (C=O) groups is 1. The van der Waals surface area contributed by atoms with Crippen molar-refractivity contribution in [3.8, 4) is 0 Å².